The lowest BCUT2D eigenvalue weighted by atomic mass is 10.2. The fraction of sp³-hybridized carbons (Fsp3) is 0.444. The van der Waals surface area contributed by atoms with Crippen LogP contribution in [-0.2, 0) is 19.5 Å². The van der Waals surface area contributed by atoms with E-state index in [0.29, 0.717) is 36.3 Å². The van der Waals surface area contributed by atoms with E-state index >= 15 is 0 Å². The first-order valence-corrected chi connectivity index (χ1v) is 9.13. The van der Waals surface area contributed by atoms with Crippen LogP contribution in [0, 0.1) is 0 Å². The molecule has 0 amide bonds. The van der Waals surface area contributed by atoms with E-state index in [-0.39, 0.29) is 0 Å². The predicted octanol–water partition coefficient (Wildman–Crippen LogP) is 2.60. The monoisotopic (exact) mass is 378 g/mol. The fourth-order valence-corrected chi connectivity index (χ4v) is 3.20. The average Bonchev–Trinajstić information content (AvgIpc) is 3.15. The third-order valence-electron chi connectivity index (χ3n) is 3.77. The number of hydrogen-bond donors (Lipinski definition) is 2. The van der Waals surface area contributed by atoms with Crippen LogP contribution in [0.1, 0.15) is 22.4 Å². The zero-order valence-electron chi connectivity index (χ0n) is 15.9. The molecule has 0 aliphatic rings. The van der Waals surface area contributed by atoms with E-state index in [9.17, 15) is 0 Å². The van der Waals surface area contributed by atoms with Crippen LogP contribution >= 0.6 is 11.3 Å². The van der Waals surface area contributed by atoms with Crippen LogP contribution < -0.4 is 24.8 Å². The van der Waals surface area contributed by atoms with E-state index in [4.69, 9.17) is 14.2 Å². The molecule has 7 nitrogen and oxygen atoms in total. The Bertz CT molecular complexity index is 721. The molecule has 0 aliphatic carbocycles. The van der Waals surface area contributed by atoms with Gasteiger partial charge in [0.2, 0.25) is 5.75 Å². The van der Waals surface area contributed by atoms with Gasteiger partial charge in [0.15, 0.2) is 17.5 Å². The number of nitrogens with zero attached hydrogens (tertiary/aromatic N) is 2. The molecule has 142 valence electrons. The van der Waals surface area contributed by atoms with Gasteiger partial charge in [-0.3, -0.25) is 4.99 Å². The van der Waals surface area contributed by atoms with Crippen molar-refractivity contribution in [2.75, 3.05) is 28.4 Å². The molecule has 1 aromatic carbocycles. The third-order valence-corrected chi connectivity index (χ3v) is 4.91. The first kappa shape index (κ1) is 19.8. The summed E-state index contributed by atoms with van der Waals surface area (Å²) in [7, 11) is 6.54. The summed E-state index contributed by atoms with van der Waals surface area (Å²) in [4.78, 5) is 9.93. The molecular weight excluding hydrogens is 352 g/mol. The standard InChI is InChI=1S/C18H26N4O3S/c1-6-13-10-20-16(26-13)11-22-18(19-2)21-9-12-7-14(23-3)17(25-5)15(8-12)24-4/h7-8,10H,6,9,11H2,1-5H3,(H2,19,21,22). The van der Waals surface area contributed by atoms with Crippen molar-refractivity contribution in [3.8, 4) is 17.2 Å². The minimum absolute atomic E-state index is 0.564. The molecule has 2 aromatic rings. The summed E-state index contributed by atoms with van der Waals surface area (Å²) in [6.07, 6.45) is 2.93. The van der Waals surface area contributed by atoms with Crippen molar-refractivity contribution in [1.29, 1.82) is 0 Å². The van der Waals surface area contributed by atoms with Crippen LogP contribution in [0.5, 0.6) is 17.2 Å². The largest absolute Gasteiger partial charge is 0.493 e. The average molecular weight is 378 g/mol. The Kier molecular flexibility index (Phi) is 7.53. The summed E-state index contributed by atoms with van der Waals surface area (Å²) in [6.45, 7) is 3.33. The van der Waals surface area contributed by atoms with Crippen molar-refractivity contribution in [3.05, 3.63) is 33.8 Å². The maximum Gasteiger partial charge on any atom is 0.203 e. The molecule has 0 saturated carbocycles. The number of rotatable bonds is 8. The Labute approximate surface area is 158 Å². The normalized spacial score (nSPS) is 11.2. The summed E-state index contributed by atoms with van der Waals surface area (Å²) < 4.78 is 16.1. The van der Waals surface area contributed by atoms with Crippen LogP contribution in [-0.4, -0.2) is 39.3 Å². The van der Waals surface area contributed by atoms with Gasteiger partial charge in [0.1, 0.15) is 5.01 Å². The second-order valence-electron chi connectivity index (χ2n) is 5.39. The second-order valence-corrected chi connectivity index (χ2v) is 6.59. The lowest BCUT2D eigenvalue weighted by molar-refractivity contribution is 0.323. The highest BCUT2D eigenvalue weighted by atomic mass is 32.1. The molecule has 0 unspecified atom stereocenters. The summed E-state index contributed by atoms with van der Waals surface area (Å²) in [5.74, 6) is 2.53. The summed E-state index contributed by atoms with van der Waals surface area (Å²) >= 11 is 1.71. The van der Waals surface area contributed by atoms with Gasteiger partial charge in [0, 0.05) is 24.7 Å². The Morgan fingerprint density at radius 2 is 1.73 bits per heavy atom. The summed E-state index contributed by atoms with van der Waals surface area (Å²) in [6, 6.07) is 3.83. The van der Waals surface area contributed by atoms with Gasteiger partial charge in [0.25, 0.3) is 0 Å². The van der Waals surface area contributed by atoms with E-state index in [2.05, 4.69) is 27.5 Å². The highest BCUT2D eigenvalue weighted by molar-refractivity contribution is 7.11. The molecule has 1 heterocycles. The molecule has 26 heavy (non-hydrogen) atoms. The highest BCUT2D eigenvalue weighted by Crippen LogP contribution is 2.38. The smallest absolute Gasteiger partial charge is 0.203 e. The first-order valence-electron chi connectivity index (χ1n) is 8.32. The van der Waals surface area contributed by atoms with E-state index in [0.717, 1.165) is 17.0 Å². The second kappa shape index (κ2) is 9.86. The van der Waals surface area contributed by atoms with Crippen LogP contribution in [0.4, 0.5) is 0 Å². The lowest BCUT2D eigenvalue weighted by Crippen LogP contribution is -2.36. The quantitative estimate of drug-likeness (QED) is 0.543. The van der Waals surface area contributed by atoms with E-state index in [1.54, 1.807) is 39.7 Å². The van der Waals surface area contributed by atoms with Gasteiger partial charge >= 0.3 is 0 Å². The van der Waals surface area contributed by atoms with Crippen LogP contribution in [0.25, 0.3) is 0 Å². The number of aliphatic imine (C=N–C) groups is 1. The van der Waals surface area contributed by atoms with Crippen molar-refractivity contribution in [3.63, 3.8) is 0 Å². The van der Waals surface area contributed by atoms with Gasteiger partial charge in [0.05, 0.1) is 27.9 Å². The summed E-state index contributed by atoms with van der Waals surface area (Å²) in [5.41, 5.74) is 0.991. The zero-order chi connectivity index (χ0) is 18.9. The molecule has 0 fully saturated rings. The Hall–Kier alpha value is -2.48. The molecular formula is C18H26N4O3S. The van der Waals surface area contributed by atoms with Crippen molar-refractivity contribution in [2.24, 2.45) is 4.99 Å². The Morgan fingerprint density at radius 3 is 2.23 bits per heavy atom. The predicted molar refractivity (Wildman–Crippen MR) is 105 cm³/mol. The third kappa shape index (κ3) is 5.01. The lowest BCUT2D eigenvalue weighted by Gasteiger charge is -2.15. The number of benzene rings is 1. The number of hydrogen-bond acceptors (Lipinski definition) is 6. The minimum Gasteiger partial charge on any atom is -0.493 e. The SMILES string of the molecule is CCc1cnc(CNC(=NC)NCc2cc(OC)c(OC)c(OC)c2)s1. The van der Waals surface area contributed by atoms with Gasteiger partial charge in [-0.05, 0) is 24.1 Å². The number of ether oxygens (including phenoxy) is 3. The number of methoxy groups -OCH3 is 3. The maximum atomic E-state index is 5.39. The fourth-order valence-electron chi connectivity index (χ4n) is 2.40. The van der Waals surface area contributed by atoms with Crippen molar-refractivity contribution < 1.29 is 14.2 Å². The van der Waals surface area contributed by atoms with Crippen molar-refractivity contribution in [2.45, 2.75) is 26.4 Å². The molecule has 8 heteroatoms. The molecule has 0 radical (unpaired) electrons. The van der Waals surface area contributed by atoms with E-state index in [1.807, 2.05) is 18.3 Å². The number of thiazole rings is 1. The van der Waals surface area contributed by atoms with Crippen molar-refractivity contribution >= 4 is 17.3 Å². The molecule has 0 aliphatic heterocycles. The van der Waals surface area contributed by atoms with Gasteiger partial charge in [-0.1, -0.05) is 6.92 Å². The highest BCUT2D eigenvalue weighted by Gasteiger charge is 2.13. The van der Waals surface area contributed by atoms with Crippen LogP contribution in [0.2, 0.25) is 0 Å². The van der Waals surface area contributed by atoms with Gasteiger partial charge in [-0.25, -0.2) is 4.98 Å². The van der Waals surface area contributed by atoms with Gasteiger partial charge in [-0.15, -0.1) is 11.3 Å². The molecule has 2 N–H and O–H groups in total. The summed E-state index contributed by atoms with van der Waals surface area (Å²) in [5, 5.41) is 7.59. The molecule has 0 bridgehead atoms. The number of nitrogens with one attached hydrogen (secondary N) is 2. The van der Waals surface area contributed by atoms with Crippen LogP contribution in [0.15, 0.2) is 23.3 Å². The molecule has 0 saturated heterocycles. The van der Waals surface area contributed by atoms with E-state index in [1.165, 1.54) is 4.88 Å². The zero-order valence-corrected chi connectivity index (χ0v) is 16.7. The number of aromatic nitrogens is 1. The molecule has 1 aromatic heterocycles. The van der Waals surface area contributed by atoms with Gasteiger partial charge in [-0.2, -0.15) is 0 Å². The van der Waals surface area contributed by atoms with E-state index < -0.39 is 0 Å². The maximum absolute atomic E-state index is 5.39. The number of aryl methyl sites for hydroxylation is 1. The Balaban J connectivity index is 1.99. The minimum atomic E-state index is 0.564. The molecule has 0 atom stereocenters. The first-order chi connectivity index (χ1) is 12.6. The molecule has 0 spiro atoms. The van der Waals surface area contributed by atoms with Crippen molar-refractivity contribution in [1.82, 2.24) is 15.6 Å². The van der Waals surface area contributed by atoms with Gasteiger partial charge < -0.3 is 24.8 Å². The molecule has 2 rings (SSSR count). The van der Waals surface area contributed by atoms with Crippen LogP contribution in [0.3, 0.4) is 0 Å². The number of guanidine groups is 1. The topological polar surface area (TPSA) is 77.0 Å². The Morgan fingerprint density at radius 1 is 1.08 bits per heavy atom.